The predicted molar refractivity (Wildman–Crippen MR) is 97.8 cm³/mol. The van der Waals surface area contributed by atoms with E-state index in [9.17, 15) is 9.59 Å². The lowest BCUT2D eigenvalue weighted by molar-refractivity contribution is -0.135. The fourth-order valence-electron chi connectivity index (χ4n) is 5.66. The van der Waals surface area contributed by atoms with Gasteiger partial charge in [0.1, 0.15) is 0 Å². The number of nitrogens with zero attached hydrogens (tertiary/aromatic N) is 3. The van der Waals surface area contributed by atoms with Gasteiger partial charge in [-0.1, -0.05) is 13.8 Å². The predicted octanol–water partition coefficient (Wildman–Crippen LogP) is 1.46. The molecule has 142 valence electrons. The Morgan fingerprint density at radius 2 is 1.76 bits per heavy atom. The zero-order valence-corrected chi connectivity index (χ0v) is 16.3. The minimum atomic E-state index is -0.438. The van der Waals surface area contributed by atoms with Gasteiger partial charge in [-0.15, -0.1) is 0 Å². The van der Waals surface area contributed by atoms with Gasteiger partial charge in [-0.25, -0.2) is 4.79 Å². The Hall–Kier alpha value is -1.30. The summed E-state index contributed by atoms with van der Waals surface area (Å²) in [5.41, 5.74) is 6.53. The van der Waals surface area contributed by atoms with Crippen LogP contribution in [0.2, 0.25) is 0 Å². The number of carbonyl (C=O) groups is 2. The van der Waals surface area contributed by atoms with Crippen molar-refractivity contribution in [1.82, 2.24) is 14.7 Å². The van der Waals surface area contributed by atoms with E-state index in [1.807, 2.05) is 9.80 Å². The molecule has 0 aromatic heterocycles. The Labute approximate surface area is 151 Å². The summed E-state index contributed by atoms with van der Waals surface area (Å²) in [6.45, 7) is 8.93. The first-order valence-corrected chi connectivity index (χ1v) is 9.73. The molecular formula is C19H34N4O2. The lowest BCUT2D eigenvalue weighted by atomic mass is 9.82. The van der Waals surface area contributed by atoms with Gasteiger partial charge in [-0.2, -0.15) is 0 Å². The molecule has 0 spiro atoms. The van der Waals surface area contributed by atoms with Crippen LogP contribution in [0.1, 0.15) is 33.6 Å². The molecule has 7 atom stereocenters. The summed E-state index contributed by atoms with van der Waals surface area (Å²) in [6, 6.07) is -0.0775. The van der Waals surface area contributed by atoms with Crippen molar-refractivity contribution in [2.45, 2.75) is 45.7 Å². The Morgan fingerprint density at radius 1 is 1.08 bits per heavy atom. The molecule has 2 aliphatic heterocycles. The summed E-state index contributed by atoms with van der Waals surface area (Å²) in [6.07, 6.45) is 2.13. The SMILES string of the molecule is C[C@H]1C[C@@H](C)N(C(=O)C(N)C2[C@H](C)C[C@@H]3CN(C(=O)N(C)C)C[C@H]23)C1. The third-order valence-electron chi connectivity index (χ3n) is 6.74. The van der Waals surface area contributed by atoms with Crippen molar-refractivity contribution in [3.63, 3.8) is 0 Å². The Balaban J connectivity index is 1.71. The summed E-state index contributed by atoms with van der Waals surface area (Å²) in [5.74, 6) is 2.14. The average Bonchev–Trinajstić information content (AvgIpc) is 3.16. The molecule has 1 aliphatic carbocycles. The molecule has 3 aliphatic rings. The summed E-state index contributed by atoms with van der Waals surface area (Å²) in [7, 11) is 3.59. The molecule has 25 heavy (non-hydrogen) atoms. The van der Waals surface area contributed by atoms with Gasteiger partial charge in [0.25, 0.3) is 0 Å². The second-order valence-electron chi connectivity index (χ2n) is 9.00. The molecule has 3 amide bonds. The average molecular weight is 351 g/mol. The maximum atomic E-state index is 13.1. The van der Waals surface area contributed by atoms with Gasteiger partial charge in [0.05, 0.1) is 6.04 Å². The molecule has 0 aromatic rings. The van der Waals surface area contributed by atoms with Crippen LogP contribution in [0.5, 0.6) is 0 Å². The first kappa shape index (κ1) is 18.5. The molecule has 6 nitrogen and oxygen atoms in total. The normalized spacial score (nSPS) is 38.8. The number of hydrogen-bond acceptors (Lipinski definition) is 3. The first-order chi connectivity index (χ1) is 11.7. The summed E-state index contributed by atoms with van der Waals surface area (Å²) in [4.78, 5) is 30.9. The van der Waals surface area contributed by atoms with Crippen LogP contribution in [0.3, 0.4) is 0 Å². The molecule has 0 radical (unpaired) electrons. The fraction of sp³-hybridized carbons (Fsp3) is 0.895. The van der Waals surface area contributed by atoms with Gasteiger partial charge in [-0.05, 0) is 49.4 Å². The Bertz CT molecular complexity index is 538. The van der Waals surface area contributed by atoms with E-state index < -0.39 is 6.04 Å². The quantitative estimate of drug-likeness (QED) is 0.820. The molecule has 0 aromatic carbocycles. The van der Waals surface area contributed by atoms with Gasteiger partial charge < -0.3 is 20.4 Å². The highest BCUT2D eigenvalue weighted by atomic mass is 16.2. The van der Waals surface area contributed by atoms with Crippen LogP contribution in [0.15, 0.2) is 0 Å². The molecule has 2 heterocycles. The third kappa shape index (κ3) is 3.25. The summed E-state index contributed by atoms with van der Waals surface area (Å²) >= 11 is 0. The van der Waals surface area contributed by atoms with Crippen LogP contribution >= 0.6 is 0 Å². The fourth-order valence-corrected chi connectivity index (χ4v) is 5.66. The minimum absolute atomic E-state index is 0.0719. The highest BCUT2D eigenvalue weighted by Crippen LogP contribution is 2.47. The van der Waals surface area contributed by atoms with E-state index in [2.05, 4.69) is 20.8 Å². The second-order valence-corrected chi connectivity index (χ2v) is 9.00. The highest BCUT2D eigenvalue weighted by Gasteiger charge is 2.51. The number of carbonyl (C=O) groups excluding carboxylic acids is 2. The number of rotatable bonds is 2. The van der Waals surface area contributed by atoms with E-state index >= 15 is 0 Å². The lowest BCUT2D eigenvalue weighted by Gasteiger charge is -2.33. The topological polar surface area (TPSA) is 69.9 Å². The van der Waals surface area contributed by atoms with Crippen LogP contribution in [0.4, 0.5) is 4.79 Å². The third-order valence-corrected chi connectivity index (χ3v) is 6.74. The van der Waals surface area contributed by atoms with E-state index in [1.165, 1.54) is 0 Å². The molecule has 3 rings (SSSR count). The maximum absolute atomic E-state index is 13.1. The van der Waals surface area contributed by atoms with E-state index in [-0.39, 0.29) is 23.9 Å². The van der Waals surface area contributed by atoms with Gasteiger partial charge >= 0.3 is 6.03 Å². The van der Waals surface area contributed by atoms with Crippen LogP contribution in [0, 0.1) is 29.6 Å². The molecule has 3 fully saturated rings. The minimum Gasteiger partial charge on any atom is -0.338 e. The summed E-state index contributed by atoms with van der Waals surface area (Å²) in [5, 5.41) is 0. The monoisotopic (exact) mass is 350 g/mol. The van der Waals surface area contributed by atoms with Crippen LogP contribution in [0.25, 0.3) is 0 Å². The lowest BCUT2D eigenvalue weighted by Crippen LogP contribution is -2.51. The number of likely N-dealkylation sites (tertiary alicyclic amines) is 2. The molecule has 2 unspecified atom stereocenters. The molecular weight excluding hydrogens is 316 g/mol. The standard InChI is InChI=1S/C19H34N4O2/c1-11-6-13(3)23(8-11)18(24)17(20)16-12(2)7-14-9-22(10-15(14)16)19(25)21(4)5/h11-17H,6-10,20H2,1-5H3/t11-,12+,13+,14+,15-,16?,17?/m0/s1. The van der Waals surface area contributed by atoms with Gasteiger partial charge in [0.15, 0.2) is 0 Å². The molecule has 2 saturated heterocycles. The Morgan fingerprint density at radius 3 is 2.32 bits per heavy atom. The molecule has 1 saturated carbocycles. The van der Waals surface area contributed by atoms with E-state index in [0.717, 1.165) is 32.5 Å². The summed E-state index contributed by atoms with van der Waals surface area (Å²) < 4.78 is 0. The van der Waals surface area contributed by atoms with Crippen molar-refractivity contribution in [1.29, 1.82) is 0 Å². The van der Waals surface area contributed by atoms with E-state index in [1.54, 1.807) is 19.0 Å². The van der Waals surface area contributed by atoms with Gasteiger partial charge in [-0.3, -0.25) is 4.79 Å². The number of hydrogen-bond donors (Lipinski definition) is 1. The van der Waals surface area contributed by atoms with Crippen molar-refractivity contribution in [2.24, 2.45) is 35.3 Å². The number of urea groups is 1. The number of nitrogens with two attached hydrogens (primary N) is 1. The number of fused-ring (bicyclic) bond motifs is 1. The zero-order valence-electron chi connectivity index (χ0n) is 16.3. The smallest absolute Gasteiger partial charge is 0.319 e. The molecule has 0 bridgehead atoms. The molecule has 6 heteroatoms. The van der Waals surface area contributed by atoms with Crippen molar-refractivity contribution in [3.05, 3.63) is 0 Å². The van der Waals surface area contributed by atoms with Gasteiger partial charge in [0.2, 0.25) is 5.91 Å². The largest absolute Gasteiger partial charge is 0.338 e. The van der Waals surface area contributed by atoms with Crippen LogP contribution < -0.4 is 5.73 Å². The second kappa shape index (κ2) is 6.78. The van der Waals surface area contributed by atoms with E-state index in [4.69, 9.17) is 5.73 Å². The van der Waals surface area contributed by atoms with Gasteiger partial charge in [0, 0.05) is 39.8 Å². The van der Waals surface area contributed by atoms with Crippen molar-refractivity contribution in [3.8, 4) is 0 Å². The zero-order chi connectivity index (χ0) is 18.5. The van der Waals surface area contributed by atoms with Crippen molar-refractivity contribution in [2.75, 3.05) is 33.7 Å². The van der Waals surface area contributed by atoms with Crippen molar-refractivity contribution >= 4 is 11.9 Å². The maximum Gasteiger partial charge on any atom is 0.319 e. The Kier molecular flexibility index (Phi) is 5.02. The molecule has 2 N–H and O–H groups in total. The van der Waals surface area contributed by atoms with E-state index in [0.29, 0.717) is 23.7 Å². The van der Waals surface area contributed by atoms with Crippen molar-refractivity contribution < 1.29 is 9.59 Å². The van der Waals surface area contributed by atoms with Crippen LogP contribution in [-0.2, 0) is 4.79 Å². The number of amides is 3. The van der Waals surface area contributed by atoms with Crippen LogP contribution in [-0.4, -0.2) is 72.5 Å². The first-order valence-electron chi connectivity index (χ1n) is 9.73. The highest BCUT2D eigenvalue weighted by molar-refractivity contribution is 5.83.